The summed E-state index contributed by atoms with van der Waals surface area (Å²) in [6.07, 6.45) is 1.81. The lowest BCUT2D eigenvalue weighted by atomic mass is 10.2. The first-order valence-corrected chi connectivity index (χ1v) is 6.93. The van der Waals surface area contributed by atoms with Crippen LogP contribution in [0.4, 0.5) is 0 Å². The van der Waals surface area contributed by atoms with Crippen molar-refractivity contribution < 1.29 is 0 Å². The second kappa shape index (κ2) is 4.17. The summed E-state index contributed by atoms with van der Waals surface area (Å²) in [5, 5.41) is 8.26. The van der Waals surface area contributed by atoms with Crippen LogP contribution >= 0.6 is 0 Å². The average Bonchev–Trinajstić information content (AvgIpc) is 2.79. The van der Waals surface area contributed by atoms with E-state index in [4.69, 9.17) is 0 Å². The van der Waals surface area contributed by atoms with E-state index in [9.17, 15) is 0 Å². The van der Waals surface area contributed by atoms with Crippen LogP contribution in [0.25, 0.3) is 0 Å². The molecule has 1 aliphatic heterocycles. The van der Waals surface area contributed by atoms with E-state index >= 15 is 0 Å². The van der Waals surface area contributed by atoms with Crippen LogP contribution in [0, 0.1) is 11.8 Å². The van der Waals surface area contributed by atoms with E-state index in [1.807, 2.05) is 13.4 Å². The van der Waals surface area contributed by atoms with Gasteiger partial charge in [0.25, 0.3) is 0 Å². The van der Waals surface area contributed by atoms with Gasteiger partial charge in [-0.1, -0.05) is 30.3 Å². The summed E-state index contributed by atoms with van der Waals surface area (Å²) in [5.41, 5.74) is 1.42. The number of nitrogens with zero attached hydrogens (tertiary/aromatic N) is 4. The molecule has 0 bridgehead atoms. The van der Waals surface area contributed by atoms with Crippen molar-refractivity contribution in [2.45, 2.75) is 12.5 Å². The van der Waals surface area contributed by atoms with Crippen molar-refractivity contribution in [2.75, 3.05) is 13.1 Å². The average molecular weight is 254 g/mol. The van der Waals surface area contributed by atoms with Crippen molar-refractivity contribution in [3.8, 4) is 0 Å². The molecule has 0 amide bonds. The minimum Gasteiger partial charge on any atom is -0.320 e. The molecule has 98 valence electrons. The Morgan fingerprint density at radius 2 is 1.89 bits per heavy atom. The summed E-state index contributed by atoms with van der Waals surface area (Å²) in [6, 6.07) is 10.7. The van der Waals surface area contributed by atoms with Gasteiger partial charge in [-0.2, -0.15) is 0 Å². The Balaban J connectivity index is 1.40. The molecule has 1 saturated carbocycles. The predicted molar refractivity (Wildman–Crippen MR) is 72.4 cm³/mol. The number of hydrogen-bond acceptors (Lipinski definition) is 3. The van der Waals surface area contributed by atoms with Crippen molar-refractivity contribution in [3.05, 3.63) is 48.0 Å². The predicted octanol–water partition coefficient (Wildman–Crippen LogP) is 1.66. The summed E-state index contributed by atoms with van der Waals surface area (Å²) in [7, 11) is 2.05. The van der Waals surface area contributed by atoms with Crippen molar-refractivity contribution in [1.29, 1.82) is 0 Å². The number of hydrogen-bond donors (Lipinski definition) is 0. The lowest BCUT2D eigenvalue weighted by Crippen LogP contribution is -2.24. The van der Waals surface area contributed by atoms with E-state index < -0.39 is 0 Å². The van der Waals surface area contributed by atoms with E-state index in [0.29, 0.717) is 5.92 Å². The van der Waals surface area contributed by atoms with Gasteiger partial charge in [-0.3, -0.25) is 4.90 Å². The number of rotatable bonds is 3. The molecule has 1 aromatic heterocycles. The smallest absolute Gasteiger partial charge is 0.136 e. The first-order valence-electron chi connectivity index (χ1n) is 6.93. The monoisotopic (exact) mass is 254 g/mol. The molecular weight excluding hydrogens is 236 g/mol. The van der Waals surface area contributed by atoms with Crippen LogP contribution in [0.2, 0.25) is 0 Å². The highest BCUT2D eigenvalue weighted by Crippen LogP contribution is 2.57. The Morgan fingerprint density at radius 1 is 1.16 bits per heavy atom. The minimum absolute atomic E-state index is 0.652. The molecule has 1 aromatic carbocycles. The van der Waals surface area contributed by atoms with Gasteiger partial charge in [0, 0.05) is 32.6 Å². The number of aromatic nitrogens is 3. The number of fused-ring (bicyclic) bond motifs is 1. The van der Waals surface area contributed by atoms with Gasteiger partial charge in [0.05, 0.1) is 0 Å². The molecule has 4 nitrogen and oxygen atoms in total. The Hall–Kier alpha value is -1.68. The van der Waals surface area contributed by atoms with E-state index in [2.05, 4.69) is 50.0 Å². The normalized spacial score (nSPS) is 29.4. The van der Waals surface area contributed by atoms with Crippen LogP contribution in [0.1, 0.15) is 17.3 Å². The lowest BCUT2D eigenvalue weighted by molar-refractivity contribution is 0.288. The fourth-order valence-corrected chi connectivity index (χ4v) is 3.56. The number of piperidine rings is 1. The second-order valence-corrected chi connectivity index (χ2v) is 5.83. The fourth-order valence-electron chi connectivity index (χ4n) is 3.56. The minimum atomic E-state index is 0.652. The third-order valence-corrected chi connectivity index (χ3v) is 4.56. The van der Waals surface area contributed by atoms with Crippen molar-refractivity contribution in [2.24, 2.45) is 18.9 Å². The first kappa shape index (κ1) is 11.2. The zero-order valence-corrected chi connectivity index (χ0v) is 11.1. The van der Waals surface area contributed by atoms with Gasteiger partial charge in [-0.05, 0) is 17.4 Å². The Morgan fingerprint density at radius 3 is 2.53 bits per heavy atom. The maximum atomic E-state index is 4.26. The number of benzene rings is 1. The number of likely N-dealkylation sites (tertiary alicyclic amines) is 1. The summed E-state index contributed by atoms with van der Waals surface area (Å²) < 4.78 is 2.07. The zero-order chi connectivity index (χ0) is 12.8. The Kier molecular flexibility index (Phi) is 2.45. The van der Waals surface area contributed by atoms with Crippen LogP contribution in [-0.4, -0.2) is 32.8 Å². The Bertz CT molecular complexity index is 565. The van der Waals surface area contributed by atoms with Gasteiger partial charge < -0.3 is 4.57 Å². The van der Waals surface area contributed by atoms with E-state index in [1.165, 1.54) is 24.5 Å². The summed E-state index contributed by atoms with van der Waals surface area (Å²) in [5.74, 6) is 3.42. The largest absolute Gasteiger partial charge is 0.320 e. The molecule has 2 fully saturated rings. The Labute approximate surface area is 113 Å². The molecule has 2 aromatic rings. The summed E-state index contributed by atoms with van der Waals surface area (Å²) >= 11 is 0. The van der Waals surface area contributed by atoms with Gasteiger partial charge in [-0.15, -0.1) is 10.2 Å². The highest BCUT2D eigenvalue weighted by atomic mass is 15.3. The molecule has 0 spiro atoms. The molecule has 3 atom stereocenters. The van der Waals surface area contributed by atoms with Gasteiger partial charge in [-0.25, -0.2) is 0 Å². The van der Waals surface area contributed by atoms with Crippen LogP contribution in [0.15, 0.2) is 36.7 Å². The van der Waals surface area contributed by atoms with Gasteiger partial charge in [0.2, 0.25) is 0 Å². The maximum Gasteiger partial charge on any atom is 0.136 e. The second-order valence-electron chi connectivity index (χ2n) is 5.83. The molecule has 1 unspecified atom stereocenters. The van der Waals surface area contributed by atoms with E-state index in [-0.39, 0.29) is 0 Å². The molecule has 4 rings (SSSR count). The maximum absolute atomic E-state index is 4.26. The highest BCUT2D eigenvalue weighted by Gasteiger charge is 2.57. The third kappa shape index (κ3) is 1.87. The number of aryl methyl sites for hydroxylation is 1. The van der Waals surface area contributed by atoms with Gasteiger partial charge in [0.1, 0.15) is 12.2 Å². The fraction of sp³-hybridized carbons (Fsp3) is 0.467. The van der Waals surface area contributed by atoms with Crippen molar-refractivity contribution in [3.63, 3.8) is 0 Å². The molecular formula is C15H18N4. The van der Waals surface area contributed by atoms with Crippen molar-refractivity contribution in [1.82, 2.24) is 19.7 Å². The van der Waals surface area contributed by atoms with Crippen LogP contribution in [0.5, 0.6) is 0 Å². The molecule has 2 aliphatic rings. The van der Waals surface area contributed by atoms with Crippen LogP contribution in [-0.2, 0) is 13.6 Å². The van der Waals surface area contributed by atoms with Gasteiger partial charge in [0.15, 0.2) is 0 Å². The zero-order valence-electron chi connectivity index (χ0n) is 11.1. The summed E-state index contributed by atoms with van der Waals surface area (Å²) in [4.78, 5) is 2.57. The van der Waals surface area contributed by atoms with Crippen LogP contribution in [0.3, 0.4) is 0 Å². The molecule has 0 radical (unpaired) electrons. The molecule has 4 heteroatoms. The lowest BCUT2D eigenvalue weighted by Gasteiger charge is -2.19. The van der Waals surface area contributed by atoms with Gasteiger partial charge >= 0.3 is 0 Å². The first-order chi connectivity index (χ1) is 9.33. The summed E-state index contributed by atoms with van der Waals surface area (Å²) in [6.45, 7) is 3.49. The molecule has 1 aliphatic carbocycles. The topological polar surface area (TPSA) is 34.0 Å². The standard InChI is InChI=1S/C15H18N4/c1-18-10-16-17-15(18)14-12-8-19(9-13(12)14)7-11-5-3-2-4-6-11/h2-6,10,12-14H,7-9H2,1H3/t12-,13+,14?. The molecule has 1 saturated heterocycles. The molecule has 19 heavy (non-hydrogen) atoms. The SMILES string of the molecule is Cn1cnnc1C1[C@H]2CN(Cc3ccccc3)C[C@@H]12. The molecule has 0 N–H and O–H groups in total. The van der Waals surface area contributed by atoms with Crippen LogP contribution < -0.4 is 0 Å². The van der Waals surface area contributed by atoms with Crippen molar-refractivity contribution >= 4 is 0 Å². The third-order valence-electron chi connectivity index (χ3n) is 4.56. The highest BCUT2D eigenvalue weighted by molar-refractivity contribution is 5.21. The quantitative estimate of drug-likeness (QED) is 0.835. The van der Waals surface area contributed by atoms with E-state index in [0.717, 1.165) is 18.4 Å². The molecule has 2 heterocycles. The van der Waals surface area contributed by atoms with E-state index in [1.54, 1.807) is 0 Å².